The molecule has 7 heteroatoms. The lowest BCUT2D eigenvalue weighted by Gasteiger charge is -2.29. The monoisotopic (exact) mass is 226 g/mol. The minimum absolute atomic E-state index is 0.0503. The van der Waals surface area contributed by atoms with Gasteiger partial charge in [-0.15, -0.1) is 0 Å². The van der Waals surface area contributed by atoms with Crippen molar-refractivity contribution < 1.29 is 14.3 Å². The topological polar surface area (TPSA) is 120 Å². The van der Waals surface area contributed by atoms with Crippen LogP contribution in [0.3, 0.4) is 0 Å². The van der Waals surface area contributed by atoms with Crippen molar-refractivity contribution >= 4 is 18.0 Å². The maximum Gasteiger partial charge on any atom is 0.268 e. The molecule has 7 nitrogen and oxygen atoms in total. The summed E-state index contributed by atoms with van der Waals surface area (Å²) in [5.74, 6) is -1.26. The molecule has 1 unspecified atom stereocenters. The van der Waals surface area contributed by atoms with E-state index >= 15 is 0 Å². The van der Waals surface area contributed by atoms with Gasteiger partial charge in [0.25, 0.3) is 5.91 Å². The van der Waals surface area contributed by atoms with Gasteiger partial charge in [0.15, 0.2) is 5.54 Å². The average molecular weight is 226 g/mol. The van der Waals surface area contributed by atoms with Gasteiger partial charge in [0.05, 0.1) is 0 Å². The first-order valence-electron chi connectivity index (χ1n) is 4.63. The van der Waals surface area contributed by atoms with E-state index in [1.165, 1.54) is 19.5 Å². The molecule has 0 aliphatic carbocycles. The number of primary amides is 2. The van der Waals surface area contributed by atoms with Crippen molar-refractivity contribution in [3.63, 3.8) is 0 Å². The fourth-order valence-electron chi connectivity index (χ4n) is 1.24. The third kappa shape index (κ3) is 2.37. The van der Waals surface area contributed by atoms with E-state index in [2.05, 4.69) is 10.3 Å². The fraction of sp³-hybridized carbons (Fsp3) is 0.444. The van der Waals surface area contributed by atoms with Crippen molar-refractivity contribution in [2.24, 2.45) is 16.5 Å². The minimum Gasteiger partial charge on any atom is -0.385 e. The summed E-state index contributed by atoms with van der Waals surface area (Å²) in [5, 5.41) is 2.73. The number of hydrogen-bond acceptors (Lipinski definition) is 5. The Morgan fingerprint density at radius 2 is 2.25 bits per heavy atom. The molecule has 1 rings (SSSR count). The molecule has 0 saturated carbocycles. The first kappa shape index (κ1) is 12.2. The van der Waals surface area contributed by atoms with E-state index in [1.807, 2.05) is 0 Å². The summed E-state index contributed by atoms with van der Waals surface area (Å²) in [6, 6.07) is 0. The fourth-order valence-corrected chi connectivity index (χ4v) is 1.24. The van der Waals surface area contributed by atoms with Crippen molar-refractivity contribution in [1.29, 1.82) is 0 Å². The van der Waals surface area contributed by atoms with E-state index in [0.29, 0.717) is 13.0 Å². The molecule has 0 bridgehead atoms. The second-order valence-corrected chi connectivity index (χ2v) is 3.37. The lowest BCUT2D eigenvalue weighted by molar-refractivity contribution is -0.122. The molecule has 0 radical (unpaired) electrons. The molecule has 0 fully saturated rings. The maximum atomic E-state index is 11.3. The minimum atomic E-state index is -1.12. The van der Waals surface area contributed by atoms with E-state index in [1.54, 1.807) is 0 Å². The summed E-state index contributed by atoms with van der Waals surface area (Å²) >= 11 is 0. The molecule has 88 valence electrons. The number of ether oxygens (including phenoxy) is 1. The van der Waals surface area contributed by atoms with Gasteiger partial charge in [0.1, 0.15) is 5.70 Å². The van der Waals surface area contributed by atoms with Crippen LogP contribution in [0.1, 0.15) is 6.42 Å². The number of nitrogens with zero attached hydrogens (tertiary/aromatic N) is 1. The van der Waals surface area contributed by atoms with Crippen LogP contribution in [0.4, 0.5) is 0 Å². The molecule has 5 N–H and O–H groups in total. The SMILES string of the molecule is COCCC1(C(N)=O)C=NC(C(N)=O)=CN1. The highest BCUT2D eigenvalue weighted by Crippen LogP contribution is 2.13. The van der Waals surface area contributed by atoms with Gasteiger partial charge < -0.3 is 21.5 Å². The van der Waals surface area contributed by atoms with Crippen molar-refractivity contribution in [3.05, 3.63) is 11.9 Å². The van der Waals surface area contributed by atoms with E-state index < -0.39 is 17.4 Å². The highest BCUT2D eigenvalue weighted by atomic mass is 16.5. The van der Waals surface area contributed by atoms with Gasteiger partial charge >= 0.3 is 0 Å². The highest BCUT2D eigenvalue weighted by Gasteiger charge is 2.35. The molecule has 1 aliphatic rings. The van der Waals surface area contributed by atoms with Crippen molar-refractivity contribution in [2.45, 2.75) is 12.0 Å². The number of hydrogen-bond donors (Lipinski definition) is 3. The summed E-state index contributed by atoms with van der Waals surface area (Å²) in [7, 11) is 1.51. The number of amides is 2. The molecule has 0 spiro atoms. The van der Waals surface area contributed by atoms with Crippen LogP contribution in [0.15, 0.2) is 16.9 Å². The predicted octanol–water partition coefficient (Wildman–Crippen LogP) is -1.75. The lowest BCUT2D eigenvalue weighted by Crippen LogP contribution is -2.57. The highest BCUT2D eigenvalue weighted by molar-refractivity contribution is 6.05. The maximum absolute atomic E-state index is 11.3. The molecule has 0 aromatic carbocycles. The zero-order valence-corrected chi connectivity index (χ0v) is 8.90. The van der Waals surface area contributed by atoms with Crippen LogP contribution in [-0.4, -0.2) is 37.3 Å². The molecule has 0 saturated heterocycles. The van der Waals surface area contributed by atoms with Crippen LogP contribution >= 0.6 is 0 Å². The molecule has 1 aliphatic heterocycles. The second kappa shape index (κ2) is 4.75. The molecule has 0 aromatic rings. The smallest absolute Gasteiger partial charge is 0.268 e. The van der Waals surface area contributed by atoms with Crippen LogP contribution in [-0.2, 0) is 14.3 Å². The number of carbonyl (C=O) groups excluding carboxylic acids is 2. The van der Waals surface area contributed by atoms with Crippen molar-refractivity contribution in [3.8, 4) is 0 Å². The third-order valence-electron chi connectivity index (χ3n) is 2.28. The predicted molar refractivity (Wildman–Crippen MR) is 57.3 cm³/mol. The standard InChI is InChI=1S/C9H14N4O3/c1-16-3-2-9(8(11)15)5-12-6(4-13-9)7(10)14/h4-5,13H,2-3H2,1H3,(H2,10,14)(H2,11,15). The van der Waals surface area contributed by atoms with Crippen molar-refractivity contribution in [1.82, 2.24) is 5.32 Å². The van der Waals surface area contributed by atoms with E-state index in [-0.39, 0.29) is 5.70 Å². The second-order valence-electron chi connectivity index (χ2n) is 3.37. The summed E-state index contributed by atoms with van der Waals surface area (Å²) in [6.45, 7) is 0.335. The molecular formula is C9H14N4O3. The molecular weight excluding hydrogens is 212 g/mol. The number of aliphatic imine (C=N–C) groups is 1. The molecule has 0 aromatic heterocycles. The van der Waals surface area contributed by atoms with E-state index in [9.17, 15) is 9.59 Å². The quantitative estimate of drug-likeness (QED) is 0.514. The van der Waals surface area contributed by atoms with Crippen LogP contribution < -0.4 is 16.8 Å². The van der Waals surface area contributed by atoms with Crippen LogP contribution in [0.25, 0.3) is 0 Å². The largest absolute Gasteiger partial charge is 0.385 e. The number of carbonyl (C=O) groups is 2. The van der Waals surface area contributed by atoms with Gasteiger partial charge in [0.2, 0.25) is 5.91 Å². The van der Waals surface area contributed by atoms with Crippen LogP contribution in [0, 0.1) is 0 Å². The Morgan fingerprint density at radius 3 is 2.62 bits per heavy atom. The van der Waals surface area contributed by atoms with E-state index in [0.717, 1.165) is 0 Å². The van der Waals surface area contributed by atoms with Gasteiger partial charge in [-0.2, -0.15) is 0 Å². The zero-order chi connectivity index (χ0) is 12.2. The molecule has 2 amide bonds. The van der Waals surface area contributed by atoms with Gasteiger partial charge in [-0.1, -0.05) is 0 Å². The number of nitrogens with one attached hydrogen (secondary N) is 1. The average Bonchev–Trinajstić information content (AvgIpc) is 2.26. The molecule has 16 heavy (non-hydrogen) atoms. The Balaban J connectivity index is 2.83. The first-order chi connectivity index (χ1) is 7.52. The summed E-state index contributed by atoms with van der Waals surface area (Å²) in [4.78, 5) is 25.9. The molecule has 1 atom stereocenters. The van der Waals surface area contributed by atoms with E-state index in [4.69, 9.17) is 16.2 Å². The van der Waals surface area contributed by atoms with Gasteiger partial charge in [-0.05, 0) is 0 Å². The third-order valence-corrected chi connectivity index (χ3v) is 2.28. The Morgan fingerprint density at radius 1 is 1.56 bits per heavy atom. The number of rotatable bonds is 5. The number of nitrogens with two attached hydrogens (primary N) is 2. The van der Waals surface area contributed by atoms with Gasteiger partial charge in [0, 0.05) is 32.6 Å². The van der Waals surface area contributed by atoms with Crippen LogP contribution in [0.2, 0.25) is 0 Å². The van der Waals surface area contributed by atoms with Gasteiger partial charge in [-0.25, -0.2) is 0 Å². The molecule has 1 heterocycles. The van der Waals surface area contributed by atoms with Crippen LogP contribution in [0.5, 0.6) is 0 Å². The first-order valence-corrected chi connectivity index (χ1v) is 4.63. The Bertz CT molecular complexity index is 364. The summed E-state index contributed by atoms with van der Waals surface area (Å²) in [6.07, 6.45) is 2.89. The Kier molecular flexibility index (Phi) is 3.62. The normalized spacial score (nSPS) is 23.4. The van der Waals surface area contributed by atoms with Crippen molar-refractivity contribution in [2.75, 3.05) is 13.7 Å². The summed E-state index contributed by atoms with van der Waals surface area (Å²) in [5.41, 5.74) is 9.24. The zero-order valence-electron chi connectivity index (χ0n) is 8.90. The lowest BCUT2D eigenvalue weighted by atomic mass is 9.95. The number of methoxy groups -OCH3 is 1. The Labute approximate surface area is 92.5 Å². The Hall–Kier alpha value is -1.89. The summed E-state index contributed by atoms with van der Waals surface area (Å²) < 4.78 is 4.87. The van der Waals surface area contributed by atoms with Gasteiger partial charge in [-0.3, -0.25) is 14.6 Å².